The van der Waals surface area contributed by atoms with Gasteiger partial charge in [-0.25, -0.2) is 9.79 Å². The standard InChI is InChI=1S/C21H17BrClNO4/c1-12(2)11-27-19-16(23)8-13(10-18(19)26-3)9-17-21(25)28-20(24-17)14-4-6-15(22)7-5-14/h4-10H,1,11H2,2-3H3/b17-9-. The molecule has 7 heteroatoms. The van der Waals surface area contributed by atoms with Gasteiger partial charge in [0.25, 0.3) is 0 Å². The molecule has 0 saturated heterocycles. The van der Waals surface area contributed by atoms with Crippen molar-refractivity contribution in [3.63, 3.8) is 0 Å². The number of methoxy groups -OCH3 is 1. The van der Waals surface area contributed by atoms with Gasteiger partial charge in [0.1, 0.15) is 6.61 Å². The number of aliphatic imine (C=N–C) groups is 1. The molecule has 0 unspecified atom stereocenters. The maximum absolute atomic E-state index is 12.2. The van der Waals surface area contributed by atoms with E-state index < -0.39 is 5.97 Å². The number of rotatable bonds is 6. The van der Waals surface area contributed by atoms with Crippen LogP contribution in [-0.4, -0.2) is 25.6 Å². The maximum atomic E-state index is 12.2. The van der Waals surface area contributed by atoms with Gasteiger partial charge < -0.3 is 14.2 Å². The number of carbonyl (C=O) groups is 1. The Hall–Kier alpha value is -2.57. The van der Waals surface area contributed by atoms with Gasteiger partial charge >= 0.3 is 5.97 Å². The highest BCUT2D eigenvalue weighted by atomic mass is 79.9. The van der Waals surface area contributed by atoms with Gasteiger partial charge in [0, 0.05) is 10.0 Å². The van der Waals surface area contributed by atoms with Gasteiger partial charge in [-0.2, -0.15) is 0 Å². The lowest BCUT2D eigenvalue weighted by atomic mass is 10.1. The number of esters is 1. The van der Waals surface area contributed by atoms with Crippen LogP contribution in [0, 0.1) is 0 Å². The van der Waals surface area contributed by atoms with Crippen LogP contribution in [0.4, 0.5) is 0 Å². The van der Waals surface area contributed by atoms with Crippen molar-refractivity contribution in [2.45, 2.75) is 6.92 Å². The fraction of sp³-hybridized carbons (Fsp3) is 0.143. The molecular formula is C21H17BrClNO4. The quantitative estimate of drug-likeness (QED) is 0.327. The molecule has 2 aromatic rings. The van der Waals surface area contributed by atoms with Crippen molar-refractivity contribution in [1.82, 2.24) is 0 Å². The van der Waals surface area contributed by atoms with E-state index in [1.165, 1.54) is 7.11 Å². The minimum atomic E-state index is -0.532. The molecule has 1 aliphatic heterocycles. The summed E-state index contributed by atoms with van der Waals surface area (Å²) >= 11 is 9.71. The minimum absolute atomic E-state index is 0.173. The van der Waals surface area contributed by atoms with Gasteiger partial charge in [0.2, 0.25) is 5.90 Å². The van der Waals surface area contributed by atoms with E-state index in [1.54, 1.807) is 18.2 Å². The Morgan fingerprint density at radius 1 is 1.32 bits per heavy atom. The molecule has 2 aromatic carbocycles. The van der Waals surface area contributed by atoms with Crippen molar-refractivity contribution in [2.75, 3.05) is 13.7 Å². The Kier molecular flexibility index (Phi) is 6.21. The van der Waals surface area contributed by atoms with E-state index in [2.05, 4.69) is 27.5 Å². The molecule has 0 amide bonds. The number of hydrogen-bond donors (Lipinski definition) is 0. The molecule has 1 aliphatic rings. The largest absolute Gasteiger partial charge is 0.493 e. The normalized spacial score (nSPS) is 14.6. The zero-order valence-corrected chi connectivity index (χ0v) is 17.6. The van der Waals surface area contributed by atoms with Gasteiger partial charge in [-0.15, -0.1) is 0 Å². The smallest absolute Gasteiger partial charge is 0.363 e. The molecule has 0 bridgehead atoms. The van der Waals surface area contributed by atoms with Crippen molar-refractivity contribution < 1.29 is 19.0 Å². The number of hydrogen-bond acceptors (Lipinski definition) is 5. The van der Waals surface area contributed by atoms with Crippen LogP contribution in [0.2, 0.25) is 5.02 Å². The summed E-state index contributed by atoms with van der Waals surface area (Å²) in [6.45, 7) is 5.98. The number of benzene rings is 2. The van der Waals surface area contributed by atoms with Crippen molar-refractivity contribution in [3.05, 3.63) is 74.9 Å². The van der Waals surface area contributed by atoms with E-state index in [-0.39, 0.29) is 11.6 Å². The lowest BCUT2D eigenvalue weighted by molar-refractivity contribution is -0.129. The molecule has 0 saturated carbocycles. The van der Waals surface area contributed by atoms with E-state index in [4.69, 9.17) is 25.8 Å². The first-order valence-corrected chi connectivity index (χ1v) is 9.47. The van der Waals surface area contributed by atoms with Gasteiger partial charge in [0.05, 0.1) is 12.1 Å². The van der Waals surface area contributed by atoms with Crippen LogP contribution < -0.4 is 9.47 Å². The first-order chi connectivity index (χ1) is 13.4. The molecule has 0 aliphatic carbocycles. The molecule has 0 radical (unpaired) electrons. The van der Waals surface area contributed by atoms with E-state index in [0.717, 1.165) is 10.0 Å². The number of ether oxygens (including phenoxy) is 3. The lowest BCUT2D eigenvalue weighted by Gasteiger charge is -2.13. The van der Waals surface area contributed by atoms with Crippen LogP contribution in [0.5, 0.6) is 11.5 Å². The zero-order chi connectivity index (χ0) is 20.3. The highest BCUT2D eigenvalue weighted by Crippen LogP contribution is 2.37. The molecule has 0 atom stereocenters. The van der Waals surface area contributed by atoms with Crippen molar-refractivity contribution in [1.29, 1.82) is 0 Å². The predicted molar refractivity (Wildman–Crippen MR) is 113 cm³/mol. The summed E-state index contributed by atoms with van der Waals surface area (Å²) in [5.74, 6) is 0.588. The molecule has 5 nitrogen and oxygen atoms in total. The Morgan fingerprint density at radius 2 is 2.04 bits per heavy atom. The van der Waals surface area contributed by atoms with Gasteiger partial charge in [-0.05, 0) is 60.5 Å². The fourth-order valence-electron chi connectivity index (χ4n) is 2.44. The summed E-state index contributed by atoms with van der Waals surface area (Å²) in [5, 5.41) is 0.357. The van der Waals surface area contributed by atoms with Crippen molar-refractivity contribution in [2.24, 2.45) is 4.99 Å². The average Bonchev–Trinajstić information content (AvgIpc) is 3.01. The predicted octanol–water partition coefficient (Wildman–Crippen LogP) is 5.41. The van der Waals surface area contributed by atoms with Crippen molar-refractivity contribution in [3.8, 4) is 11.5 Å². The molecule has 0 spiro atoms. The van der Waals surface area contributed by atoms with Crippen LogP contribution in [-0.2, 0) is 9.53 Å². The first kappa shape index (κ1) is 20.2. The second kappa shape index (κ2) is 8.63. The molecule has 0 fully saturated rings. The molecule has 0 N–H and O–H groups in total. The van der Waals surface area contributed by atoms with Gasteiger partial charge in [0.15, 0.2) is 17.2 Å². The third-order valence-corrected chi connectivity index (χ3v) is 4.54. The Morgan fingerprint density at radius 3 is 2.68 bits per heavy atom. The maximum Gasteiger partial charge on any atom is 0.363 e. The summed E-state index contributed by atoms with van der Waals surface area (Å²) in [6.07, 6.45) is 1.59. The third-order valence-electron chi connectivity index (χ3n) is 3.73. The second-order valence-corrected chi connectivity index (χ2v) is 7.45. The SMILES string of the molecule is C=C(C)COc1c(Cl)cc(/C=C2\N=C(c3ccc(Br)cc3)OC2=O)cc1OC. The molecule has 28 heavy (non-hydrogen) atoms. The van der Waals surface area contributed by atoms with Crippen LogP contribution in [0.1, 0.15) is 18.1 Å². The molecule has 0 aromatic heterocycles. The number of nitrogens with zero attached hydrogens (tertiary/aromatic N) is 1. The zero-order valence-electron chi connectivity index (χ0n) is 15.3. The lowest BCUT2D eigenvalue weighted by Crippen LogP contribution is -2.05. The first-order valence-electron chi connectivity index (χ1n) is 8.30. The summed E-state index contributed by atoms with van der Waals surface area (Å²) in [7, 11) is 1.52. The Bertz CT molecular complexity index is 996. The van der Waals surface area contributed by atoms with E-state index in [9.17, 15) is 4.79 Å². The van der Waals surface area contributed by atoms with Gasteiger partial charge in [-0.1, -0.05) is 34.1 Å². The average molecular weight is 463 g/mol. The Balaban J connectivity index is 1.91. The fourth-order valence-corrected chi connectivity index (χ4v) is 2.98. The summed E-state index contributed by atoms with van der Waals surface area (Å²) in [4.78, 5) is 16.5. The van der Waals surface area contributed by atoms with Crippen LogP contribution in [0.25, 0.3) is 6.08 Å². The minimum Gasteiger partial charge on any atom is -0.493 e. The number of cyclic esters (lactones) is 1. The van der Waals surface area contributed by atoms with E-state index >= 15 is 0 Å². The third kappa shape index (κ3) is 4.64. The molecular weight excluding hydrogens is 446 g/mol. The topological polar surface area (TPSA) is 57.1 Å². The second-order valence-electron chi connectivity index (χ2n) is 6.12. The molecule has 1 heterocycles. The van der Waals surface area contributed by atoms with Crippen LogP contribution >= 0.6 is 27.5 Å². The summed E-state index contributed by atoms with van der Waals surface area (Å²) in [5.41, 5.74) is 2.37. The van der Waals surface area contributed by atoms with E-state index in [0.29, 0.717) is 34.3 Å². The van der Waals surface area contributed by atoms with Crippen molar-refractivity contribution >= 4 is 45.5 Å². The summed E-state index contributed by atoms with van der Waals surface area (Å²) < 4.78 is 17.2. The van der Waals surface area contributed by atoms with E-state index in [1.807, 2.05) is 31.2 Å². The molecule has 3 rings (SSSR count). The van der Waals surface area contributed by atoms with Crippen LogP contribution in [0.3, 0.4) is 0 Å². The number of halogens is 2. The Labute approximate surface area is 176 Å². The molecule has 144 valence electrons. The highest BCUT2D eigenvalue weighted by molar-refractivity contribution is 9.10. The highest BCUT2D eigenvalue weighted by Gasteiger charge is 2.24. The number of carbonyl (C=O) groups excluding carboxylic acids is 1. The van der Waals surface area contributed by atoms with Gasteiger partial charge in [-0.3, -0.25) is 0 Å². The van der Waals surface area contributed by atoms with Crippen LogP contribution in [0.15, 0.2) is 63.7 Å². The monoisotopic (exact) mass is 461 g/mol. The summed E-state index contributed by atoms with van der Waals surface area (Å²) in [6, 6.07) is 10.7.